The third-order valence-corrected chi connectivity index (χ3v) is 12.3. The maximum atomic E-state index is 2.51. The van der Waals surface area contributed by atoms with Crippen molar-refractivity contribution in [2.75, 3.05) is 9.80 Å². The Bertz CT molecular complexity index is 3130. The Morgan fingerprint density at radius 3 is 1.82 bits per heavy atom. The Kier molecular flexibility index (Phi) is 9.48. The van der Waals surface area contributed by atoms with Crippen molar-refractivity contribution in [2.45, 2.75) is 25.3 Å². The van der Waals surface area contributed by atoms with Crippen LogP contribution in [0.3, 0.4) is 0 Å². The van der Waals surface area contributed by atoms with Crippen LogP contribution in [0.15, 0.2) is 236 Å². The number of rotatable bonds is 9. The Balaban J connectivity index is 1.13. The van der Waals surface area contributed by atoms with Gasteiger partial charge in [0.25, 0.3) is 0 Å². The maximum Gasteiger partial charge on any atom is 0.0560 e. The van der Waals surface area contributed by atoms with Gasteiger partial charge in [0.05, 0.1) is 17.1 Å². The zero-order chi connectivity index (χ0) is 40.5. The molecule has 0 amide bonds. The Hall–Kier alpha value is -7.62. The van der Waals surface area contributed by atoms with Crippen molar-refractivity contribution in [3.05, 3.63) is 242 Å². The summed E-state index contributed by atoms with van der Waals surface area (Å²) in [5.41, 5.74) is 14.4. The van der Waals surface area contributed by atoms with Gasteiger partial charge >= 0.3 is 0 Å². The van der Waals surface area contributed by atoms with Crippen LogP contribution in [0.1, 0.15) is 24.8 Å². The fourth-order valence-electron chi connectivity index (χ4n) is 9.49. The monoisotopic (exact) mass is 783 g/mol. The largest absolute Gasteiger partial charge is 0.334 e. The summed E-state index contributed by atoms with van der Waals surface area (Å²) in [6.45, 7) is 0. The first kappa shape index (κ1) is 36.5. The minimum Gasteiger partial charge on any atom is -0.334 e. The van der Waals surface area contributed by atoms with Crippen LogP contribution in [-0.4, -0.2) is 10.6 Å². The lowest BCUT2D eigenvalue weighted by atomic mass is 9.92. The number of para-hydroxylation sites is 4. The quantitative estimate of drug-likeness (QED) is 0.144. The average Bonchev–Trinajstić information content (AvgIpc) is 3.66. The highest BCUT2D eigenvalue weighted by Crippen LogP contribution is 2.44. The van der Waals surface area contributed by atoms with Gasteiger partial charge in [-0.3, -0.25) is 0 Å². The number of hydrogen-bond acceptors (Lipinski definition) is 2. The van der Waals surface area contributed by atoms with Crippen molar-refractivity contribution in [3.63, 3.8) is 0 Å². The van der Waals surface area contributed by atoms with Gasteiger partial charge in [0.15, 0.2) is 0 Å². The second kappa shape index (κ2) is 15.9. The summed E-state index contributed by atoms with van der Waals surface area (Å²) in [6, 6.07) is 71.2. The van der Waals surface area contributed by atoms with Crippen LogP contribution < -0.4 is 9.80 Å². The highest BCUT2D eigenvalue weighted by molar-refractivity contribution is 6.12. The molecule has 0 N–H and O–H groups in total. The number of allylic oxidation sites excluding steroid dienone is 5. The zero-order valence-electron chi connectivity index (χ0n) is 34.0. The molecule has 1 unspecified atom stereocenters. The molecule has 3 nitrogen and oxygen atoms in total. The molecule has 9 aromatic rings. The van der Waals surface area contributed by atoms with Gasteiger partial charge in [-0.05, 0) is 132 Å². The van der Waals surface area contributed by atoms with Crippen molar-refractivity contribution < 1.29 is 0 Å². The van der Waals surface area contributed by atoms with Crippen molar-refractivity contribution in [3.8, 4) is 16.8 Å². The van der Waals surface area contributed by atoms with E-state index < -0.39 is 0 Å². The molecule has 1 aromatic heterocycles. The van der Waals surface area contributed by atoms with Crippen molar-refractivity contribution in [2.24, 2.45) is 0 Å². The Morgan fingerprint density at radius 1 is 0.492 bits per heavy atom. The van der Waals surface area contributed by atoms with Crippen LogP contribution in [0.2, 0.25) is 0 Å². The van der Waals surface area contributed by atoms with E-state index in [9.17, 15) is 0 Å². The molecule has 2 aliphatic rings. The third kappa shape index (κ3) is 6.75. The molecule has 8 aromatic carbocycles. The van der Waals surface area contributed by atoms with Gasteiger partial charge in [-0.25, -0.2) is 0 Å². The summed E-state index contributed by atoms with van der Waals surface area (Å²) < 4.78 is 2.46. The Labute approximate surface area is 357 Å². The topological polar surface area (TPSA) is 11.4 Å². The van der Waals surface area contributed by atoms with Crippen LogP contribution in [-0.2, 0) is 0 Å². The lowest BCUT2D eigenvalue weighted by Crippen LogP contribution is -2.30. The fraction of sp³-hybridized carbons (Fsp3) is 0.0690. The minimum absolute atomic E-state index is 0.202. The normalized spacial score (nSPS) is 14.9. The van der Waals surface area contributed by atoms with Gasteiger partial charge < -0.3 is 14.4 Å². The molecule has 0 aliphatic heterocycles. The average molecular weight is 784 g/mol. The number of hydrogen-bond donors (Lipinski definition) is 0. The summed E-state index contributed by atoms with van der Waals surface area (Å²) in [5, 5.41) is 4.95. The summed E-state index contributed by atoms with van der Waals surface area (Å²) in [6.07, 6.45) is 16.5. The zero-order valence-corrected chi connectivity index (χ0v) is 34.0. The molecule has 0 spiro atoms. The maximum absolute atomic E-state index is 2.51. The molecule has 3 heteroatoms. The molecule has 0 saturated carbocycles. The molecule has 0 bridgehead atoms. The lowest BCUT2D eigenvalue weighted by molar-refractivity contribution is 0.786. The first-order valence-electron chi connectivity index (χ1n) is 21.4. The van der Waals surface area contributed by atoms with Gasteiger partial charge in [0.1, 0.15) is 0 Å². The molecule has 2 aliphatic carbocycles. The van der Waals surface area contributed by atoms with E-state index in [2.05, 4.69) is 245 Å². The van der Waals surface area contributed by atoms with Gasteiger partial charge in [-0.15, -0.1) is 0 Å². The molecule has 0 saturated heterocycles. The molecular weight excluding hydrogens is 739 g/mol. The van der Waals surface area contributed by atoms with Crippen molar-refractivity contribution in [1.29, 1.82) is 0 Å². The van der Waals surface area contributed by atoms with E-state index in [0.29, 0.717) is 0 Å². The van der Waals surface area contributed by atoms with Gasteiger partial charge in [-0.2, -0.15) is 0 Å². The predicted molar refractivity (Wildman–Crippen MR) is 259 cm³/mol. The molecular formula is C58H45N3. The third-order valence-electron chi connectivity index (χ3n) is 12.3. The Morgan fingerprint density at radius 2 is 1.11 bits per heavy atom. The molecule has 1 heterocycles. The van der Waals surface area contributed by atoms with Gasteiger partial charge in [0, 0.05) is 50.5 Å². The number of nitrogens with zero attached hydrogens (tertiary/aromatic N) is 3. The number of benzene rings is 8. The van der Waals surface area contributed by atoms with Crippen LogP contribution in [0.5, 0.6) is 0 Å². The molecule has 11 rings (SSSR count). The fourth-order valence-corrected chi connectivity index (χ4v) is 9.49. The predicted octanol–water partition coefficient (Wildman–Crippen LogP) is 15.5. The van der Waals surface area contributed by atoms with E-state index >= 15 is 0 Å². The number of anilines is 4. The van der Waals surface area contributed by atoms with E-state index in [4.69, 9.17) is 0 Å². The molecule has 0 radical (unpaired) electrons. The summed E-state index contributed by atoms with van der Waals surface area (Å²) in [5.74, 6) is 0. The van der Waals surface area contributed by atoms with E-state index in [1.165, 1.54) is 71.9 Å². The highest BCUT2D eigenvalue weighted by atomic mass is 15.2. The van der Waals surface area contributed by atoms with Crippen molar-refractivity contribution >= 4 is 60.9 Å². The van der Waals surface area contributed by atoms with Gasteiger partial charge in [-0.1, -0.05) is 146 Å². The van der Waals surface area contributed by atoms with Crippen LogP contribution in [0.25, 0.3) is 55.0 Å². The molecule has 0 fully saturated rings. The first-order valence-corrected chi connectivity index (χ1v) is 21.4. The van der Waals surface area contributed by atoms with E-state index in [0.717, 1.165) is 36.3 Å². The van der Waals surface area contributed by atoms with Crippen LogP contribution >= 0.6 is 0 Å². The standard InChI is InChI=1S/C58H45N3/c1-5-21-46(22-6-1)59(47-23-7-2-8-24-47)55-31-17-15-29-51(55)44-34-37-57-53(40-44)54-41-45(35-38-58(54)61(57)50-36-33-42-19-13-14-20-43(42)39-50)52-30-16-18-32-56(52)60(48-25-9-3-10-26-48)49-27-11-4-12-28-49/h1-15,17-23,25-29,31-41,47H,16,24,30H2. The number of fused-ring (bicyclic) bond motifs is 4. The van der Waals surface area contributed by atoms with E-state index in [1.807, 2.05) is 0 Å². The van der Waals surface area contributed by atoms with Crippen LogP contribution in [0, 0.1) is 0 Å². The summed E-state index contributed by atoms with van der Waals surface area (Å²) in [7, 11) is 0. The van der Waals surface area contributed by atoms with Crippen molar-refractivity contribution in [1.82, 2.24) is 4.57 Å². The number of aromatic nitrogens is 1. The second-order valence-electron chi connectivity index (χ2n) is 16.0. The van der Waals surface area contributed by atoms with Crippen LogP contribution in [0.4, 0.5) is 22.7 Å². The summed E-state index contributed by atoms with van der Waals surface area (Å²) >= 11 is 0. The lowest BCUT2D eigenvalue weighted by Gasteiger charge is -2.34. The smallest absolute Gasteiger partial charge is 0.0560 e. The molecule has 61 heavy (non-hydrogen) atoms. The van der Waals surface area contributed by atoms with Gasteiger partial charge in [0.2, 0.25) is 0 Å². The van der Waals surface area contributed by atoms with E-state index in [1.54, 1.807) is 0 Å². The summed E-state index contributed by atoms with van der Waals surface area (Å²) in [4.78, 5) is 4.92. The second-order valence-corrected chi connectivity index (χ2v) is 16.0. The SMILES string of the molecule is C1=CCC(N(c2ccccc2)c2ccccc2-c2ccc3c(c2)c2cc(C4=C(N(c5ccccc5)c5ccccc5)C=CCC4)ccc2n3-c2ccc3ccccc3c2)C=C1. The molecule has 1 atom stereocenters. The first-order chi connectivity index (χ1) is 30.3. The van der Waals surface area contributed by atoms with E-state index in [-0.39, 0.29) is 6.04 Å². The molecule has 292 valence electrons. The minimum atomic E-state index is 0.202. The highest BCUT2D eigenvalue weighted by Gasteiger charge is 2.24.